The molecule has 1 N–H and O–H groups in total. The summed E-state index contributed by atoms with van der Waals surface area (Å²) in [6.07, 6.45) is 1.24. The van der Waals surface area contributed by atoms with E-state index < -0.39 is 10.0 Å². The summed E-state index contributed by atoms with van der Waals surface area (Å²) >= 11 is 0. The minimum atomic E-state index is -3.79. The van der Waals surface area contributed by atoms with Crippen molar-refractivity contribution in [3.05, 3.63) is 24.4 Å². The van der Waals surface area contributed by atoms with Crippen molar-refractivity contribution in [3.63, 3.8) is 0 Å². The fourth-order valence-corrected chi connectivity index (χ4v) is 3.22. The minimum absolute atomic E-state index is 0.105. The van der Waals surface area contributed by atoms with Crippen LogP contribution in [0.15, 0.2) is 29.4 Å². The lowest BCUT2D eigenvalue weighted by Crippen LogP contribution is -2.30. The number of rotatable bonds is 4. The number of nitrogens with one attached hydrogen (secondary N) is 1. The number of para-hydroxylation sites is 1. The molecule has 22 heavy (non-hydrogen) atoms. The number of aromatic nitrogens is 3. The molecule has 0 unspecified atom stereocenters. The van der Waals surface area contributed by atoms with Gasteiger partial charge in [0, 0.05) is 7.05 Å². The second-order valence-electron chi connectivity index (χ2n) is 4.90. The molecular formula is C13H17N5O3S. The van der Waals surface area contributed by atoms with E-state index in [9.17, 15) is 8.42 Å². The minimum Gasteiger partial charge on any atom is -0.489 e. The molecule has 0 atom stereocenters. The number of benzene rings is 1. The van der Waals surface area contributed by atoms with Crippen LogP contribution in [-0.4, -0.2) is 43.6 Å². The molecule has 0 saturated carbocycles. The van der Waals surface area contributed by atoms with E-state index >= 15 is 0 Å². The molecule has 0 fully saturated rings. The smallest absolute Gasteiger partial charge is 0.282 e. The van der Waals surface area contributed by atoms with Crippen molar-refractivity contribution in [2.75, 3.05) is 29.8 Å². The molecule has 0 spiro atoms. The number of hydrogen-bond acceptors (Lipinski definition) is 6. The fourth-order valence-electron chi connectivity index (χ4n) is 2.27. The second kappa shape index (κ2) is 5.48. The Balaban J connectivity index is 1.96. The largest absolute Gasteiger partial charge is 0.489 e. The maximum atomic E-state index is 12.4. The maximum absolute atomic E-state index is 12.4. The SMILES string of the molecule is CCn1ncc(S(=O)(=O)Nc2cccc3c2N(C)CCO3)n1. The van der Waals surface area contributed by atoms with Crippen molar-refractivity contribution in [2.45, 2.75) is 18.5 Å². The number of nitrogens with zero attached hydrogens (tertiary/aromatic N) is 4. The van der Waals surface area contributed by atoms with Crippen LogP contribution in [0.5, 0.6) is 5.75 Å². The first kappa shape index (κ1) is 14.6. The van der Waals surface area contributed by atoms with Gasteiger partial charge < -0.3 is 9.64 Å². The van der Waals surface area contributed by atoms with Gasteiger partial charge in [0.25, 0.3) is 10.0 Å². The van der Waals surface area contributed by atoms with Crippen LogP contribution in [0.4, 0.5) is 11.4 Å². The van der Waals surface area contributed by atoms with Gasteiger partial charge in [-0.3, -0.25) is 4.72 Å². The highest BCUT2D eigenvalue weighted by atomic mass is 32.2. The zero-order valence-electron chi connectivity index (χ0n) is 12.4. The monoisotopic (exact) mass is 323 g/mol. The third-order valence-electron chi connectivity index (χ3n) is 3.38. The molecule has 0 saturated heterocycles. The normalized spacial score (nSPS) is 14.4. The molecule has 0 aliphatic carbocycles. The van der Waals surface area contributed by atoms with E-state index in [2.05, 4.69) is 14.9 Å². The van der Waals surface area contributed by atoms with Crippen molar-refractivity contribution >= 4 is 21.4 Å². The van der Waals surface area contributed by atoms with E-state index in [0.29, 0.717) is 31.1 Å². The first-order valence-corrected chi connectivity index (χ1v) is 8.39. The van der Waals surface area contributed by atoms with Gasteiger partial charge in [-0.2, -0.15) is 18.3 Å². The van der Waals surface area contributed by atoms with Crippen molar-refractivity contribution in [3.8, 4) is 5.75 Å². The highest BCUT2D eigenvalue weighted by Crippen LogP contribution is 2.38. The van der Waals surface area contributed by atoms with Gasteiger partial charge in [-0.05, 0) is 19.1 Å². The summed E-state index contributed by atoms with van der Waals surface area (Å²) < 4.78 is 33.0. The molecule has 9 heteroatoms. The summed E-state index contributed by atoms with van der Waals surface area (Å²) in [4.78, 5) is 3.28. The lowest BCUT2D eigenvalue weighted by atomic mass is 10.2. The zero-order valence-corrected chi connectivity index (χ0v) is 13.2. The Labute approximate surface area is 128 Å². The number of ether oxygens (including phenoxy) is 1. The third kappa shape index (κ3) is 2.59. The summed E-state index contributed by atoms with van der Waals surface area (Å²) in [5.74, 6) is 0.658. The number of anilines is 2. The van der Waals surface area contributed by atoms with E-state index in [1.807, 2.05) is 24.9 Å². The summed E-state index contributed by atoms with van der Waals surface area (Å²) in [7, 11) is -1.89. The Morgan fingerprint density at radius 2 is 2.23 bits per heavy atom. The molecule has 0 radical (unpaired) electrons. The summed E-state index contributed by atoms with van der Waals surface area (Å²) in [6, 6.07) is 5.26. The lowest BCUT2D eigenvalue weighted by Gasteiger charge is -2.29. The average Bonchev–Trinajstić information content (AvgIpc) is 2.97. The van der Waals surface area contributed by atoms with Gasteiger partial charge >= 0.3 is 0 Å². The number of hydrogen-bond donors (Lipinski definition) is 1. The van der Waals surface area contributed by atoms with Crippen molar-refractivity contribution in [1.82, 2.24) is 15.0 Å². The Morgan fingerprint density at radius 3 is 2.95 bits per heavy atom. The van der Waals surface area contributed by atoms with Crippen LogP contribution in [0.1, 0.15) is 6.92 Å². The van der Waals surface area contributed by atoms with Gasteiger partial charge in [0.1, 0.15) is 18.0 Å². The number of aryl methyl sites for hydroxylation is 1. The van der Waals surface area contributed by atoms with E-state index in [1.54, 1.807) is 12.1 Å². The van der Waals surface area contributed by atoms with Crippen molar-refractivity contribution in [1.29, 1.82) is 0 Å². The quantitative estimate of drug-likeness (QED) is 0.900. The standard InChI is InChI=1S/C13H17N5O3S/c1-3-18-14-9-12(15-18)22(19,20)16-10-5-4-6-11-13(10)17(2)7-8-21-11/h4-6,9,16H,3,7-8H2,1-2H3. The summed E-state index contributed by atoms with van der Waals surface area (Å²) in [6.45, 7) is 3.61. The second-order valence-corrected chi connectivity index (χ2v) is 6.53. The number of likely N-dealkylation sites (N-methyl/N-ethyl adjacent to an activating group) is 1. The first-order valence-electron chi connectivity index (χ1n) is 6.91. The van der Waals surface area contributed by atoms with Crippen LogP contribution in [0.3, 0.4) is 0 Å². The Bertz CT molecular complexity index is 787. The average molecular weight is 323 g/mol. The molecular weight excluding hydrogens is 306 g/mol. The Kier molecular flexibility index (Phi) is 3.65. The molecule has 0 amide bonds. The van der Waals surface area contributed by atoms with Crippen molar-refractivity contribution in [2.24, 2.45) is 0 Å². The molecule has 118 valence electrons. The van der Waals surface area contributed by atoms with Gasteiger partial charge in [0.15, 0.2) is 0 Å². The summed E-state index contributed by atoms with van der Waals surface area (Å²) in [5.41, 5.74) is 1.19. The van der Waals surface area contributed by atoms with Crippen LogP contribution >= 0.6 is 0 Å². The number of fused-ring (bicyclic) bond motifs is 1. The van der Waals surface area contributed by atoms with Gasteiger partial charge in [-0.15, -0.1) is 5.10 Å². The summed E-state index contributed by atoms with van der Waals surface area (Å²) in [5, 5.41) is 7.73. The molecule has 1 aromatic heterocycles. The highest BCUT2D eigenvalue weighted by Gasteiger charge is 2.24. The topological polar surface area (TPSA) is 89.4 Å². The molecule has 1 aliphatic heterocycles. The molecule has 3 rings (SSSR count). The molecule has 8 nitrogen and oxygen atoms in total. The number of sulfonamides is 1. The lowest BCUT2D eigenvalue weighted by molar-refractivity contribution is 0.311. The van der Waals surface area contributed by atoms with E-state index in [1.165, 1.54) is 11.0 Å². The molecule has 1 aliphatic rings. The molecule has 0 bridgehead atoms. The maximum Gasteiger partial charge on any atom is 0.282 e. The van der Waals surface area contributed by atoms with Crippen LogP contribution in [0, 0.1) is 0 Å². The van der Waals surface area contributed by atoms with Crippen LogP contribution in [0.25, 0.3) is 0 Å². The van der Waals surface area contributed by atoms with Crippen LogP contribution < -0.4 is 14.4 Å². The molecule has 2 heterocycles. The third-order valence-corrected chi connectivity index (χ3v) is 4.61. The molecule has 1 aromatic carbocycles. The molecule has 2 aromatic rings. The predicted octanol–water partition coefficient (Wildman–Crippen LogP) is 0.927. The van der Waals surface area contributed by atoms with E-state index in [-0.39, 0.29) is 5.03 Å². The van der Waals surface area contributed by atoms with Crippen molar-refractivity contribution < 1.29 is 13.2 Å². The Morgan fingerprint density at radius 1 is 1.41 bits per heavy atom. The van der Waals surface area contributed by atoms with E-state index in [0.717, 1.165) is 5.69 Å². The highest BCUT2D eigenvalue weighted by molar-refractivity contribution is 7.92. The van der Waals surface area contributed by atoms with Crippen LogP contribution in [-0.2, 0) is 16.6 Å². The predicted molar refractivity (Wildman–Crippen MR) is 81.7 cm³/mol. The van der Waals surface area contributed by atoms with Crippen LogP contribution in [0.2, 0.25) is 0 Å². The van der Waals surface area contributed by atoms with Gasteiger partial charge in [0.05, 0.1) is 25.0 Å². The Hall–Kier alpha value is -2.29. The van der Waals surface area contributed by atoms with Gasteiger partial charge in [-0.25, -0.2) is 0 Å². The fraction of sp³-hybridized carbons (Fsp3) is 0.385. The van der Waals surface area contributed by atoms with Gasteiger partial charge in [0.2, 0.25) is 5.03 Å². The van der Waals surface area contributed by atoms with Gasteiger partial charge in [-0.1, -0.05) is 6.07 Å². The first-order chi connectivity index (χ1) is 10.5. The zero-order chi connectivity index (χ0) is 15.7. The van der Waals surface area contributed by atoms with E-state index in [4.69, 9.17) is 4.74 Å².